The molecule has 3 rings (SSSR count). The normalized spacial score (nSPS) is 15.9. The average molecular weight is 342 g/mol. The first-order chi connectivity index (χ1) is 12.0. The van der Waals surface area contributed by atoms with Crippen LogP contribution in [0.15, 0.2) is 30.3 Å². The molecular weight excluding hydrogens is 316 g/mol. The predicted molar refractivity (Wildman–Crippen MR) is 95.8 cm³/mol. The fraction of sp³-hybridized carbons (Fsp3) is 0.556. The third-order valence-corrected chi connectivity index (χ3v) is 4.70. The number of rotatable bonds is 6. The van der Waals surface area contributed by atoms with Gasteiger partial charge in [-0.3, -0.25) is 9.69 Å². The third kappa shape index (κ3) is 4.63. The van der Waals surface area contributed by atoms with Gasteiger partial charge in [-0.15, -0.1) is 10.2 Å². The van der Waals surface area contributed by atoms with Crippen molar-refractivity contribution in [1.82, 2.24) is 30.4 Å². The fourth-order valence-corrected chi connectivity index (χ4v) is 3.12. The van der Waals surface area contributed by atoms with Crippen LogP contribution in [0.3, 0.4) is 0 Å². The Kier molecular flexibility index (Phi) is 5.43. The molecule has 0 bridgehead atoms. The third-order valence-electron chi connectivity index (χ3n) is 4.70. The zero-order valence-corrected chi connectivity index (χ0v) is 15.0. The minimum atomic E-state index is -0.0953. The van der Waals surface area contributed by atoms with Crippen LogP contribution in [-0.2, 0) is 11.3 Å². The Hall–Kier alpha value is -2.28. The molecule has 0 aliphatic carbocycles. The molecule has 1 aromatic heterocycles. The Labute approximate surface area is 148 Å². The molecule has 1 saturated heterocycles. The van der Waals surface area contributed by atoms with Crippen LogP contribution in [0.4, 0.5) is 0 Å². The van der Waals surface area contributed by atoms with E-state index in [0.29, 0.717) is 12.4 Å². The van der Waals surface area contributed by atoms with Gasteiger partial charge >= 0.3 is 0 Å². The summed E-state index contributed by atoms with van der Waals surface area (Å²) in [7, 11) is 0. The van der Waals surface area contributed by atoms with E-state index in [2.05, 4.69) is 39.5 Å². The lowest BCUT2D eigenvalue weighted by molar-refractivity contribution is -0.122. The number of hydrogen-bond donors (Lipinski definition) is 1. The van der Waals surface area contributed by atoms with Crippen LogP contribution in [0.25, 0.3) is 11.4 Å². The summed E-state index contributed by atoms with van der Waals surface area (Å²) in [5.41, 5.74) is 0.849. The lowest BCUT2D eigenvalue weighted by Gasteiger charge is -2.41. The van der Waals surface area contributed by atoms with E-state index in [1.165, 1.54) is 24.1 Å². The average Bonchev–Trinajstić information content (AvgIpc) is 3.10. The number of amides is 1. The molecule has 0 spiro atoms. The molecular formula is C18H26N6O. The number of benzene rings is 1. The van der Waals surface area contributed by atoms with E-state index < -0.39 is 0 Å². The van der Waals surface area contributed by atoms with Gasteiger partial charge in [0.2, 0.25) is 11.7 Å². The number of piperidine rings is 1. The minimum Gasteiger partial charge on any atom is -0.353 e. The molecule has 0 radical (unpaired) electrons. The molecule has 1 aliphatic heterocycles. The Bertz CT molecular complexity index is 691. The van der Waals surface area contributed by atoms with E-state index >= 15 is 0 Å². The van der Waals surface area contributed by atoms with E-state index in [-0.39, 0.29) is 18.0 Å². The van der Waals surface area contributed by atoms with Gasteiger partial charge in [0, 0.05) is 17.6 Å². The summed E-state index contributed by atoms with van der Waals surface area (Å²) in [5.74, 6) is 0.434. The summed E-state index contributed by atoms with van der Waals surface area (Å²) >= 11 is 0. The summed E-state index contributed by atoms with van der Waals surface area (Å²) in [6.07, 6.45) is 3.78. The van der Waals surface area contributed by atoms with Crippen molar-refractivity contribution in [2.45, 2.75) is 45.2 Å². The maximum atomic E-state index is 12.2. The van der Waals surface area contributed by atoms with Gasteiger partial charge in [-0.25, -0.2) is 0 Å². The maximum absolute atomic E-state index is 12.2. The first-order valence-electron chi connectivity index (χ1n) is 8.89. The first-order valence-corrected chi connectivity index (χ1v) is 8.89. The highest BCUT2D eigenvalue weighted by Gasteiger charge is 2.28. The van der Waals surface area contributed by atoms with Gasteiger partial charge in [-0.2, -0.15) is 4.80 Å². The predicted octanol–water partition coefficient (Wildman–Crippen LogP) is 1.72. The summed E-state index contributed by atoms with van der Waals surface area (Å²) in [6, 6.07) is 9.62. The van der Waals surface area contributed by atoms with Crippen LogP contribution in [0.2, 0.25) is 0 Å². The Morgan fingerprint density at radius 2 is 1.88 bits per heavy atom. The second kappa shape index (κ2) is 7.74. The van der Waals surface area contributed by atoms with E-state index in [1.54, 1.807) is 0 Å². The van der Waals surface area contributed by atoms with Crippen LogP contribution in [0, 0.1) is 0 Å². The van der Waals surface area contributed by atoms with Gasteiger partial charge in [0.1, 0.15) is 6.54 Å². The van der Waals surface area contributed by atoms with Crippen molar-refractivity contribution in [3.05, 3.63) is 30.3 Å². The van der Waals surface area contributed by atoms with Gasteiger partial charge in [-0.1, -0.05) is 36.8 Å². The molecule has 0 saturated carbocycles. The first kappa shape index (κ1) is 17.5. The van der Waals surface area contributed by atoms with Crippen molar-refractivity contribution in [1.29, 1.82) is 0 Å². The smallest absolute Gasteiger partial charge is 0.243 e. The number of likely N-dealkylation sites (tertiary alicyclic amines) is 1. The number of carbonyl (C=O) groups is 1. The van der Waals surface area contributed by atoms with Crippen molar-refractivity contribution in [2.75, 3.05) is 19.6 Å². The lowest BCUT2D eigenvalue weighted by Crippen LogP contribution is -2.53. The number of aromatic nitrogens is 4. The Morgan fingerprint density at radius 1 is 1.16 bits per heavy atom. The summed E-state index contributed by atoms with van der Waals surface area (Å²) < 4.78 is 0. The minimum absolute atomic E-state index is 0.0406. The molecule has 134 valence electrons. The van der Waals surface area contributed by atoms with Crippen LogP contribution < -0.4 is 5.32 Å². The van der Waals surface area contributed by atoms with Gasteiger partial charge in [0.15, 0.2) is 0 Å². The summed E-state index contributed by atoms with van der Waals surface area (Å²) in [5, 5.41) is 15.3. The molecule has 1 fully saturated rings. The molecule has 0 unspecified atom stereocenters. The maximum Gasteiger partial charge on any atom is 0.243 e. The van der Waals surface area contributed by atoms with Crippen LogP contribution in [0.1, 0.15) is 33.1 Å². The lowest BCUT2D eigenvalue weighted by atomic mass is 9.98. The van der Waals surface area contributed by atoms with Crippen LogP contribution >= 0.6 is 0 Å². The Morgan fingerprint density at radius 3 is 2.60 bits per heavy atom. The van der Waals surface area contributed by atoms with Crippen molar-refractivity contribution < 1.29 is 4.79 Å². The van der Waals surface area contributed by atoms with Crippen molar-refractivity contribution in [2.24, 2.45) is 0 Å². The molecule has 7 heteroatoms. The number of tetrazole rings is 1. The summed E-state index contributed by atoms with van der Waals surface area (Å²) in [6.45, 7) is 7.27. The molecule has 0 atom stereocenters. The monoisotopic (exact) mass is 342 g/mol. The number of nitrogens with one attached hydrogen (secondary N) is 1. The molecule has 2 aromatic rings. The van der Waals surface area contributed by atoms with Gasteiger partial charge in [0.25, 0.3) is 0 Å². The van der Waals surface area contributed by atoms with Gasteiger partial charge in [-0.05, 0) is 45.0 Å². The largest absolute Gasteiger partial charge is 0.353 e. The highest BCUT2D eigenvalue weighted by Crippen LogP contribution is 2.19. The molecule has 1 amide bonds. The van der Waals surface area contributed by atoms with E-state index in [4.69, 9.17) is 0 Å². The topological polar surface area (TPSA) is 75.9 Å². The zero-order chi connectivity index (χ0) is 17.7. The van der Waals surface area contributed by atoms with E-state index in [9.17, 15) is 4.79 Å². The Balaban J connectivity index is 1.52. The van der Waals surface area contributed by atoms with E-state index in [1.807, 2.05) is 30.3 Å². The fourth-order valence-electron chi connectivity index (χ4n) is 3.12. The van der Waals surface area contributed by atoms with Crippen LogP contribution in [0.5, 0.6) is 0 Å². The highest BCUT2D eigenvalue weighted by atomic mass is 16.2. The molecule has 1 aliphatic rings. The number of hydrogen-bond acceptors (Lipinski definition) is 5. The highest BCUT2D eigenvalue weighted by molar-refractivity contribution is 5.75. The quantitative estimate of drug-likeness (QED) is 0.865. The molecule has 1 N–H and O–H groups in total. The summed E-state index contributed by atoms with van der Waals surface area (Å²) in [4.78, 5) is 16.0. The molecule has 7 nitrogen and oxygen atoms in total. The second-order valence-corrected chi connectivity index (χ2v) is 7.15. The van der Waals surface area contributed by atoms with Crippen LogP contribution in [-0.4, -0.2) is 56.2 Å². The van der Waals surface area contributed by atoms with Gasteiger partial charge in [0.05, 0.1) is 0 Å². The van der Waals surface area contributed by atoms with Crippen molar-refractivity contribution in [3.63, 3.8) is 0 Å². The van der Waals surface area contributed by atoms with Gasteiger partial charge < -0.3 is 5.32 Å². The SMILES string of the molecule is CC(C)(CNC(=O)Cn1nnc(-c2ccccc2)n1)N1CCCCC1. The molecule has 1 aromatic carbocycles. The van der Waals surface area contributed by atoms with E-state index in [0.717, 1.165) is 18.7 Å². The molecule has 2 heterocycles. The van der Waals surface area contributed by atoms with Crippen molar-refractivity contribution in [3.8, 4) is 11.4 Å². The van der Waals surface area contributed by atoms with Crippen molar-refractivity contribution >= 4 is 5.91 Å². The zero-order valence-electron chi connectivity index (χ0n) is 15.0. The molecule has 25 heavy (non-hydrogen) atoms. The second-order valence-electron chi connectivity index (χ2n) is 7.15. The standard InChI is InChI=1S/C18H26N6O/c1-18(2,23-11-7-4-8-12-23)14-19-16(25)13-24-21-17(20-22-24)15-9-5-3-6-10-15/h3,5-6,9-10H,4,7-8,11-14H2,1-2H3,(H,19,25). The number of nitrogens with zero attached hydrogens (tertiary/aromatic N) is 5. The number of carbonyl (C=O) groups excluding carboxylic acids is 1.